The van der Waals surface area contributed by atoms with E-state index in [0.29, 0.717) is 24.4 Å². The Bertz CT molecular complexity index is 758. The Hall–Kier alpha value is -2.87. The van der Waals surface area contributed by atoms with Gasteiger partial charge < -0.3 is 4.74 Å². The van der Waals surface area contributed by atoms with Crippen molar-refractivity contribution in [3.05, 3.63) is 60.0 Å². The largest absolute Gasteiger partial charge is 0.485 e. The highest BCUT2D eigenvalue weighted by atomic mass is 16.5. The summed E-state index contributed by atoms with van der Waals surface area (Å²) in [7, 11) is 0. The van der Waals surface area contributed by atoms with Crippen LogP contribution in [0.2, 0.25) is 0 Å². The van der Waals surface area contributed by atoms with Gasteiger partial charge in [0.2, 0.25) is 0 Å². The fraction of sp³-hybridized carbons (Fsp3) is 0.133. The Kier molecular flexibility index (Phi) is 3.29. The molecule has 2 heterocycles. The summed E-state index contributed by atoms with van der Waals surface area (Å²) in [6.07, 6.45) is 1.75. The second kappa shape index (κ2) is 5.41. The minimum atomic E-state index is 0.291. The second-order valence-corrected chi connectivity index (χ2v) is 4.29. The Morgan fingerprint density at radius 3 is 2.80 bits per heavy atom. The number of ether oxygens (including phenoxy) is 1. The number of hydrogen-bond donors (Lipinski definition) is 0. The third-order valence-corrected chi connectivity index (χ3v) is 2.96. The van der Waals surface area contributed by atoms with E-state index < -0.39 is 0 Å². The van der Waals surface area contributed by atoms with Gasteiger partial charge in [-0.3, -0.25) is 0 Å². The third-order valence-electron chi connectivity index (χ3n) is 2.96. The highest BCUT2D eigenvalue weighted by Gasteiger charge is 2.09. The lowest BCUT2D eigenvalue weighted by molar-refractivity contribution is 0.308. The fourth-order valence-corrected chi connectivity index (χ4v) is 2.00. The highest BCUT2D eigenvalue weighted by molar-refractivity contribution is 5.53. The van der Waals surface area contributed by atoms with Crippen molar-refractivity contribution in [1.82, 2.24) is 14.6 Å². The predicted molar refractivity (Wildman–Crippen MR) is 73.1 cm³/mol. The van der Waals surface area contributed by atoms with Crippen LogP contribution in [-0.2, 0) is 13.0 Å². The van der Waals surface area contributed by atoms with Crippen LogP contribution in [0.15, 0.2) is 48.8 Å². The number of rotatable bonds is 4. The van der Waals surface area contributed by atoms with Crippen molar-refractivity contribution >= 4 is 5.65 Å². The molecule has 0 radical (unpaired) electrons. The van der Waals surface area contributed by atoms with Gasteiger partial charge in [-0.2, -0.15) is 10.4 Å². The van der Waals surface area contributed by atoms with Gasteiger partial charge in [-0.15, -0.1) is 0 Å². The number of fused-ring (bicyclic) bond motifs is 1. The Balaban J connectivity index is 1.88. The van der Waals surface area contributed by atoms with Crippen LogP contribution in [-0.4, -0.2) is 14.6 Å². The highest BCUT2D eigenvalue weighted by Crippen LogP contribution is 2.20. The van der Waals surface area contributed by atoms with E-state index in [9.17, 15) is 0 Å². The fourth-order valence-electron chi connectivity index (χ4n) is 2.00. The molecule has 5 heteroatoms. The molecule has 0 unspecified atom stereocenters. The quantitative estimate of drug-likeness (QED) is 0.725. The van der Waals surface area contributed by atoms with Crippen LogP contribution >= 0.6 is 0 Å². The van der Waals surface area contributed by atoms with E-state index in [1.165, 1.54) is 6.33 Å². The maximum atomic E-state index is 8.80. The zero-order valence-corrected chi connectivity index (χ0v) is 10.7. The number of hydrogen-bond acceptors (Lipinski definition) is 4. The lowest BCUT2D eigenvalue weighted by Crippen LogP contribution is -2.02. The number of pyridine rings is 1. The molecule has 5 nitrogen and oxygen atoms in total. The zero-order valence-electron chi connectivity index (χ0n) is 10.7. The van der Waals surface area contributed by atoms with E-state index in [0.717, 1.165) is 11.3 Å². The van der Waals surface area contributed by atoms with Crippen LogP contribution in [0.4, 0.5) is 0 Å². The Morgan fingerprint density at radius 1 is 1.15 bits per heavy atom. The molecule has 0 aliphatic heterocycles. The monoisotopic (exact) mass is 264 g/mol. The van der Waals surface area contributed by atoms with Gasteiger partial charge >= 0.3 is 0 Å². The summed E-state index contributed by atoms with van der Waals surface area (Å²) in [6.45, 7) is 0.473. The molecule has 98 valence electrons. The first-order valence-electron chi connectivity index (χ1n) is 6.24. The van der Waals surface area contributed by atoms with Gasteiger partial charge in [-0.05, 0) is 17.7 Å². The van der Waals surface area contributed by atoms with Crippen molar-refractivity contribution in [1.29, 1.82) is 5.26 Å². The van der Waals surface area contributed by atoms with E-state index in [4.69, 9.17) is 10.00 Å². The molecule has 1 aromatic carbocycles. The SMILES string of the molecule is N#CCc1ccc(OCc2ccccc2)c2ncnn12. The van der Waals surface area contributed by atoms with Gasteiger partial charge in [0.1, 0.15) is 12.9 Å². The average molecular weight is 264 g/mol. The summed E-state index contributed by atoms with van der Waals surface area (Å²) >= 11 is 0. The first-order chi connectivity index (χ1) is 9.88. The van der Waals surface area contributed by atoms with Crippen LogP contribution in [0.5, 0.6) is 5.75 Å². The molecular weight excluding hydrogens is 252 g/mol. The van der Waals surface area contributed by atoms with Crippen LogP contribution in [0.25, 0.3) is 5.65 Å². The van der Waals surface area contributed by atoms with E-state index >= 15 is 0 Å². The van der Waals surface area contributed by atoms with Gasteiger partial charge in [0, 0.05) is 0 Å². The summed E-state index contributed by atoms with van der Waals surface area (Å²) in [6, 6.07) is 15.7. The predicted octanol–water partition coefficient (Wildman–Crippen LogP) is 2.37. The summed E-state index contributed by atoms with van der Waals surface area (Å²) in [5, 5.41) is 12.9. The van der Waals surface area contributed by atoms with Crippen molar-refractivity contribution in [2.75, 3.05) is 0 Å². The minimum absolute atomic E-state index is 0.291. The number of nitriles is 1. The van der Waals surface area contributed by atoms with Crippen LogP contribution < -0.4 is 4.74 Å². The first-order valence-corrected chi connectivity index (χ1v) is 6.24. The van der Waals surface area contributed by atoms with Crippen molar-refractivity contribution in [2.45, 2.75) is 13.0 Å². The smallest absolute Gasteiger partial charge is 0.198 e. The molecule has 3 aromatic rings. The van der Waals surface area contributed by atoms with Crippen molar-refractivity contribution in [3.8, 4) is 11.8 Å². The van der Waals surface area contributed by atoms with Crippen LogP contribution in [0.3, 0.4) is 0 Å². The number of aromatic nitrogens is 3. The molecule has 0 saturated carbocycles. The van der Waals surface area contributed by atoms with Crippen LogP contribution in [0, 0.1) is 11.3 Å². The lowest BCUT2D eigenvalue weighted by Gasteiger charge is -2.08. The molecular formula is C15H12N4O. The molecule has 0 N–H and O–H groups in total. The Labute approximate surface area is 116 Å². The first kappa shape index (κ1) is 12.2. The van der Waals surface area contributed by atoms with E-state index in [1.807, 2.05) is 42.5 Å². The normalized spacial score (nSPS) is 10.3. The third kappa shape index (κ3) is 2.31. The summed E-state index contributed by atoms with van der Waals surface area (Å²) in [5.74, 6) is 0.660. The molecule has 0 atom stereocenters. The molecule has 3 rings (SSSR count). The molecule has 0 fully saturated rings. The van der Waals surface area contributed by atoms with Crippen molar-refractivity contribution in [3.63, 3.8) is 0 Å². The molecule has 0 aliphatic carbocycles. The standard InChI is InChI=1S/C15H12N4O/c16-9-8-13-6-7-14(15-17-11-18-19(13)15)20-10-12-4-2-1-3-5-12/h1-7,11H,8,10H2. The van der Waals surface area contributed by atoms with Gasteiger partial charge in [0.15, 0.2) is 11.4 Å². The molecule has 0 spiro atoms. The molecule has 0 aliphatic rings. The van der Waals surface area contributed by atoms with Gasteiger partial charge in [0.25, 0.3) is 0 Å². The molecule has 2 aromatic heterocycles. The van der Waals surface area contributed by atoms with Gasteiger partial charge in [-0.1, -0.05) is 30.3 Å². The maximum Gasteiger partial charge on any atom is 0.198 e. The maximum absolute atomic E-state index is 8.80. The zero-order chi connectivity index (χ0) is 13.8. The number of nitrogens with zero attached hydrogens (tertiary/aromatic N) is 4. The van der Waals surface area contributed by atoms with E-state index in [2.05, 4.69) is 16.2 Å². The topological polar surface area (TPSA) is 63.2 Å². The molecule has 0 bridgehead atoms. The summed E-state index contributed by atoms with van der Waals surface area (Å²) in [5.41, 5.74) is 2.52. The molecule has 0 amide bonds. The summed E-state index contributed by atoms with van der Waals surface area (Å²) in [4.78, 5) is 4.19. The van der Waals surface area contributed by atoms with Gasteiger partial charge in [0.05, 0.1) is 18.2 Å². The van der Waals surface area contributed by atoms with E-state index in [1.54, 1.807) is 4.52 Å². The average Bonchev–Trinajstić information content (AvgIpc) is 2.98. The molecule has 0 saturated heterocycles. The molecule has 20 heavy (non-hydrogen) atoms. The van der Waals surface area contributed by atoms with E-state index in [-0.39, 0.29) is 0 Å². The second-order valence-electron chi connectivity index (χ2n) is 4.29. The van der Waals surface area contributed by atoms with Gasteiger partial charge in [-0.25, -0.2) is 9.50 Å². The Morgan fingerprint density at radius 2 is 2.00 bits per heavy atom. The van der Waals surface area contributed by atoms with Crippen molar-refractivity contribution in [2.24, 2.45) is 0 Å². The number of benzene rings is 1. The van der Waals surface area contributed by atoms with Crippen LogP contribution in [0.1, 0.15) is 11.3 Å². The minimum Gasteiger partial charge on any atom is -0.485 e. The lowest BCUT2D eigenvalue weighted by atomic mass is 10.2. The summed E-state index contributed by atoms with van der Waals surface area (Å²) < 4.78 is 7.43. The van der Waals surface area contributed by atoms with Crippen molar-refractivity contribution < 1.29 is 4.74 Å².